The van der Waals surface area contributed by atoms with Crippen LogP contribution in [0.4, 0.5) is 4.79 Å². The van der Waals surface area contributed by atoms with Gasteiger partial charge in [-0.1, -0.05) is 0 Å². The van der Waals surface area contributed by atoms with Crippen molar-refractivity contribution in [3.05, 3.63) is 59.7 Å². The van der Waals surface area contributed by atoms with Crippen LogP contribution in [0.5, 0.6) is 0 Å². The van der Waals surface area contributed by atoms with E-state index in [-0.39, 0.29) is 17.4 Å². The monoisotopic (exact) mass is 451 g/mol. The van der Waals surface area contributed by atoms with Gasteiger partial charge < -0.3 is 0 Å². The van der Waals surface area contributed by atoms with E-state index in [0.717, 1.165) is 16.9 Å². The van der Waals surface area contributed by atoms with Crippen LogP contribution in [0.1, 0.15) is 23.5 Å². The van der Waals surface area contributed by atoms with Crippen molar-refractivity contribution in [3.63, 3.8) is 0 Å². The van der Waals surface area contributed by atoms with Gasteiger partial charge in [-0.25, -0.2) is 0 Å². The molecule has 1 aliphatic rings. The number of carbonyl (C=O) groups is 2. The third-order valence-corrected chi connectivity index (χ3v) is 6.61. The van der Waals surface area contributed by atoms with Crippen molar-refractivity contribution < 1.29 is 19.4 Å². The molecule has 5 nitrogen and oxygen atoms in total. The second-order valence-electron chi connectivity index (χ2n) is 6.18. The number of thioether (sulfide) groups is 1. The first kappa shape index (κ1) is 20.0. The van der Waals surface area contributed by atoms with E-state index in [9.17, 15) is 14.7 Å². The zero-order valence-corrected chi connectivity index (χ0v) is 17.4. The molecule has 2 N–H and O–H groups in total. The molecule has 0 saturated heterocycles. The molecule has 27 heavy (non-hydrogen) atoms. The molecule has 142 valence electrons. The molecule has 0 aromatic heterocycles. The molecule has 2 aromatic carbocycles. The normalized spacial score (nSPS) is 13.7. The zero-order valence-electron chi connectivity index (χ0n) is 14.9. The fraction of sp³-hybridized carbons (Fsp3) is 0.300. The summed E-state index contributed by atoms with van der Waals surface area (Å²) in [7, 11) is 0. The second kappa shape index (κ2) is 9.42. The Kier molecular flexibility index (Phi) is 6.96. The van der Waals surface area contributed by atoms with Gasteiger partial charge >= 0.3 is 169 Å². The average Bonchev–Trinajstić information content (AvgIpc) is 3.00. The van der Waals surface area contributed by atoms with Crippen LogP contribution in [0, 0.1) is 0 Å². The van der Waals surface area contributed by atoms with Crippen LogP contribution in [0.2, 0.25) is 0 Å². The van der Waals surface area contributed by atoms with Crippen molar-refractivity contribution >= 4 is 37.8 Å². The Morgan fingerprint density at radius 2 is 1.74 bits per heavy atom. The van der Waals surface area contributed by atoms with Crippen molar-refractivity contribution in [2.75, 3.05) is 18.6 Å². The number of carboxylic acids is 1. The molecule has 0 radical (unpaired) electrons. The Morgan fingerprint density at radius 1 is 1.15 bits per heavy atom. The van der Waals surface area contributed by atoms with E-state index >= 15 is 0 Å². The SMILES string of the molecule is CSCC[C@H](N[Se]C(=O)OCC1c2ccccc2-c2ccccc21)C(=O)O. The molecular weight excluding hydrogens is 429 g/mol. The molecule has 0 spiro atoms. The van der Waals surface area contributed by atoms with Gasteiger partial charge in [0.15, 0.2) is 0 Å². The molecule has 0 heterocycles. The summed E-state index contributed by atoms with van der Waals surface area (Å²) in [5, 5.41) is 9.22. The van der Waals surface area contributed by atoms with Gasteiger partial charge in [0.05, 0.1) is 0 Å². The number of rotatable bonds is 9. The van der Waals surface area contributed by atoms with E-state index in [1.807, 2.05) is 30.5 Å². The average molecular weight is 450 g/mol. The molecule has 1 aliphatic carbocycles. The summed E-state index contributed by atoms with van der Waals surface area (Å²) in [5.74, 6) is -0.189. The first-order valence-corrected chi connectivity index (χ1v) is 11.7. The molecule has 0 saturated carbocycles. The van der Waals surface area contributed by atoms with Crippen LogP contribution in [-0.2, 0) is 9.53 Å². The number of ether oxygens (including phenoxy) is 1. The van der Waals surface area contributed by atoms with E-state index in [1.54, 1.807) is 11.8 Å². The molecule has 0 aliphatic heterocycles. The van der Waals surface area contributed by atoms with Crippen molar-refractivity contribution in [3.8, 4) is 11.1 Å². The van der Waals surface area contributed by atoms with Gasteiger partial charge in [-0.05, 0) is 0 Å². The maximum atomic E-state index is 12.2. The van der Waals surface area contributed by atoms with Crippen molar-refractivity contribution in [2.24, 2.45) is 0 Å². The Balaban J connectivity index is 1.60. The van der Waals surface area contributed by atoms with E-state index in [0.29, 0.717) is 6.42 Å². The fourth-order valence-corrected chi connectivity index (χ4v) is 4.90. The van der Waals surface area contributed by atoms with E-state index in [2.05, 4.69) is 28.6 Å². The number of hydrogen-bond acceptors (Lipinski definition) is 5. The van der Waals surface area contributed by atoms with Gasteiger partial charge in [-0.15, -0.1) is 0 Å². The first-order chi connectivity index (χ1) is 13.1. The molecular formula is C20H21NO4SSe. The summed E-state index contributed by atoms with van der Waals surface area (Å²) >= 11 is 0.860. The van der Waals surface area contributed by atoms with Gasteiger partial charge in [0.2, 0.25) is 0 Å². The fourth-order valence-electron chi connectivity index (χ4n) is 3.21. The van der Waals surface area contributed by atoms with Crippen LogP contribution < -0.4 is 4.33 Å². The molecule has 7 heteroatoms. The minimum atomic E-state index is -0.933. The topological polar surface area (TPSA) is 75.6 Å². The predicted molar refractivity (Wildman–Crippen MR) is 108 cm³/mol. The van der Waals surface area contributed by atoms with Gasteiger partial charge in [-0.3, -0.25) is 0 Å². The quantitative estimate of drug-likeness (QED) is 0.571. The van der Waals surface area contributed by atoms with Gasteiger partial charge in [0.25, 0.3) is 0 Å². The molecule has 3 rings (SSSR count). The van der Waals surface area contributed by atoms with Crippen molar-refractivity contribution in [1.29, 1.82) is 0 Å². The molecule has 0 fully saturated rings. The van der Waals surface area contributed by atoms with Crippen LogP contribution in [0.15, 0.2) is 48.5 Å². The number of hydrogen-bond donors (Lipinski definition) is 2. The Labute approximate surface area is 169 Å². The third-order valence-electron chi connectivity index (χ3n) is 4.52. The number of fused-ring (bicyclic) bond motifs is 3. The first-order valence-electron chi connectivity index (χ1n) is 8.61. The molecule has 0 amide bonds. The Hall–Kier alpha value is -1.79. The second-order valence-corrected chi connectivity index (χ2v) is 8.79. The van der Waals surface area contributed by atoms with E-state index < -0.39 is 27.2 Å². The van der Waals surface area contributed by atoms with Gasteiger partial charge in [-0.2, -0.15) is 0 Å². The molecule has 1 atom stereocenters. The number of aliphatic carboxylic acids is 1. The van der Waals surface area contributed by atoms with Crippen LogP contribution in [0.25, 0.3) is 11.1 Å². The summed E-state index contributed by atoms with van der Waals surface area (Å²) < 4.78 is 8.35. The number of nitrogens with one attached hydrogen (secondary N) is 1. The van der Waals surface area contributed by atoms with Crippen molar-refractivity contribution in [2.45, 2.75) is 18.4 Å². The molecule has 2 aromatic rings. The number of carboxylic acid groups (broad SMARTS) is 1. The van der Waals surface area contributed by atoms with Crippen LogP contribution >= 0.6 is 11.8 Å². The summed E-state index contributed by atoms with van der Waals surface area (Å²) in [4.78, 5) is 23.0. The van der Waals surface area contributed by atoms with Gasteiger partial charge in [0.1, 0.15) is 0 Å². The Bertz CT molecular complexity index is 784. The predicted octanol–water partition coefficient (Wildman–Crippen LogP) is 3.35. The summed E-state index contributed by atoms with van der Waals surface area (Å²) in [5.41, 5.74) is 4.69. The number of benzene rings is 2. The third kappa shape index (κ3) is 4.74. The van der Waals surface area contributed by atoms with Crippen LogP contribution in [-0.4, -0.2) is 55.8 Å². The zero-order chi connectivity index (χ0) is 19.2. The van der Waals surface area contributed by atoms with Gasteiger partial charge in [0, 0.05) is 0 Å². The number of carbonyl (C=O) groups excluding carboxylic acids is 1. The summed E-state index contributed by atoms with van der Waals surface area (Å²) in [6.07, 6.45) is 2.41. The van der Waals surface area contributed by atoms with Crippen molar-refractivity contribution in [1.82, 2.24) is 4.33 Å². The maximum absolute atomic E-state index is 12.2. The standard InChI is InChI=1S/C20H21NO4SSe/c1-26-11-10-18(19(22)23)21-27-20(24)25-12-17-15-8-4-2-6-13(15)14-7-3-5-9-16(14)17/h2-9,17-18,21H,10-12H2,1H3,(H,22,23)/t18-/m0/s1. The summed E-state index contributed by atoms with van der Waals surface area (Å²) in [6, 6.07) is 15.6. The minimum absolute atomic E-state index is 0.0175. The Morgan fingerprint density at radius 3 is 2.30 bits per heavy atom. The van der Waals surface area contributed by atoms with E-state index in [4.69, 9.17) is 4.74 Å². The summed E-state index contributed by atoms with van der Waals surface area (Å²) in [6.45, 7) is 0.263. The molecule has 0 bridgehead atoms. The van der Waals surface area contributed by atoms with E-state index in [1.165, 1.54) is 11.1 Å². The van der Waals surface area contributed by atoms with Crippen LogP contribution in [0.3, 0.4) is 0 Å². The molecule has 0 unspecified atom stereocenters.